The van der Waals surface area contributed by atoms with Crippen molar-refractivity contribution in [3.8, 4) is 0 Å². The molecule has 0 saturated carbocycles. The molecular weight excluding hydrogens is 229 g/mol. The molecule has 1 N–H and O–H groups in total. The van der Waals surface area contributed by atoms with Gasteiger partial charge in [-0.3, -0.25) is 0 Å². The van der Waals surface area contributed by atoms with Crippen molar-refractivity contribution in [3.63, 3.8) is 0 Å². The van der Waals surface area contributed by atoms with Crippen LogP contribution in [0.15, 0.2) is 30.4 Å². The van der Waals surface area contributed by atoms with E-state index in [1.807, 2.05) is 19.1 Å². The maximum atomic E-state index is 6.09. The molecule has 1 rings (SSSR count). The molecule has 1 unspecified atom stereocenters. The summed E-state index contributed by atoms with van der Waals surface area (Å²) in [6, 6.07) is 5.76. The average molecular weight is 244 g/mol. The zero-order chi connectivity index (χ0) is 11.4. The van der Waals surface area contributed by atoms with E-state index in [4.69, 9.17) is 23.2 Å². The Labute approximate surface area is 101 Å². The van der Waals surface area contributed by atoms with Gasteiger partial charge >= 0.3 is 0 Å². The standard InChI is InChI=1S/C12H15Cl2N/c1-8(2)7-15-9(3)11-5-4-10(13)6-12(11)14/h4-6,9,15H,1,7H2,2-3H3. The van der Waals surface area contributed by atoms with Gasteiger partial charge in [-0.05, 0) is 31.5 Å². The molecule has 1 aromatic rings. The Hall–Kier alpha value is -0.500. The highest BCUT2D eigenvalue weighted by atomic mass is 35.5. The first-order valence-corrected chi connectivity index (χ1v) is 5.59. The third-order valence-electron chi connectivity index (χ3n) is 2.14. The minimum Gasteiger partial charge on any atom is -0.306 e. The summed E-state index contributed by atoms with van der Waals surface area (Å²) in [6.45, 7) is 8.69. The van der Waals surface area contributed by atoms with Crippen molar-refractivity contribution >= 4 is 23.2 Å². The summed E-state index contributed by atoms with van der Waals surface area (Å²) in [5, 5.41) is 4.69. The molecule has 15 heavy (non-hydrogen) atoms. The first kappa shape index (κ1) is 12.6. The number of hydrogen-bond donors (Lipinski definition) is 1. The van der Waals surface area contributed by atoms with Gasteiger partial charge in [-0.15, -0.1) is 0 Å². The highest BCUT2D eigenvalue weighted by Gasteiger charge is 2.08. The molecule has 0 radical (unpaired) electrons. The Morgan fingerprint density at radius 2 is 2.13 bits per heavy atom. The summed E-state index contributed by atoms with van der Waals surface area (Å²) in [4.78, 5) is 0. The van der Waals surface area contributed by atoms with Crippen LogP contribution in [0.25, 0.3) is 0 Å². The highest BCUT2D eigenvalue weighted by molar-refractivity contribution is 6.35. The van der Waals surface area contributed by atoms with Gasteiger partial charge in [0.1, 0.15) is 0 Å². The summed E-state index contributed by atoms with van der Waals surface area (Å²) in [7, 11) is 0. The summed E-state index contributed by atoms with van der Waals surface area (Å²) in [5.74, 6) is 0. The van der Waals surface area contributed by atoms with E-state index < -0.39 is 0 Å². The minimum atomic E-state index is 0.200. The molecule has 0 amide bonds. The number of hydrogen-bond acceptors (Lipinski definition) is 1. The zero-order valence-electron chi connectivity index (χ0n) is 8.98. The first-order valence-electron chi connectivity index (χ1n) is 4.83. The molecule has 0 aromatic heterocycles. The van der Waals surface area contributed by atoms with Gasteiger partial charge in [0.2, 0.25) is 0 Å². The first-order chi connectivity index (χ1) is 7.00. The van der Waals surface area contributed by atoms with Crippen molar-refractivity contribution in [1.82, 2.24) is 5.32 Å². The van der Waals surface area contributed by atoms with Crippen molar-refractivity contribution in [2.75, 3.05) is 6.54 Å². The summed E-state index contributed by atoms with van der Waals surface area (Å²) >= 11 is 11.9. The molecule has 0 spiro atoms. The van der Waals surface area contributed by atoms with Gasteiger partial charge in [-0.2, -0.15) is 0 Å². The van der Waals surface area contributed by atoms with Crippen molar-refractivity contribution < 1.29 is 0 Å². The van der Waals surface area contributed by atoms with Crippen LogP contribution in [-0.4, -0.2) is 6.54 Å². The average Bonchev–Trinajstić information content (AvgIpc) is 2.14. The predicted octanol–water partition coefficient (Wildman–Crippen LogP) is 4.22. The molecule has 0 saturated heterocycles. The van der Waals surface area contributed by atoms with Crippen LogP contribution in [0.3, 0.4) is 0 Å². The van der Waals surface area contributed by atoms with Crippen molar-refractivity contribution in [3.05, 3.63) is 46.0 Å². The van der Waals surface area contributed by atoms with Crippen LogP contribution < -0.4 is 5.32 Å². The van der Waals surface area contributed by atoms with Crippen molar-refractivity contribution in [2.24, 2.45) is 0 Å². The minimum absolute atomic E-state index is 0.200. The van der Waals surface area contributed by atoms with E-state index in [0.717, 1.165) is 17.7 Å². The molecule has 1 aromatic carbocycles. The van der Waals surface area contributed by atoms with Crippen LogP contribution in [-0.2, 0) is 0 Å². The number of halogens is 2. The third-order valence-corrected chi connectivity index (χ3v) is 2.70. The Morgan fingerprint density at radius 1 is 1.47 bits per heavy atom. The molecule has 0 aliphatic heterocycles. The molecule has 0 aliphatic rings. The second-order valence-corrected chi connectivity index (χ2v) is 4.57. The Balaban J connectivity index is 2.73. The van der Waals surface area contributed by atoms with Crippen LogP contribution in [0.5, 0.6) is 0 Å². The van der Waals surface area contributed by atoms with E-state index in [1.165, 1.54) is 0 Å². The Morgan fingerprint density at radius 3 is 2.67 bits per heavy atom. The molecule has 1 nitrogen and oxygen atoms in total. The molecule has 0 fully saturated rings. The molecule has 0 heterocycles. The molecule has 3 heteroatoms. The number of rotatable bonds is 4. The lowest BCUT2D eigenvalue weighted by Crippen LogP contribution is -2.20. The van der Waals surface area contributed by atoms with E-state index in [2.05, 4.69) is 18.8 Å². The second-order valence-electron chi connectivity index (χ2n) is 3.73. The third kappa shape index (κ3) is 3.86. The number of nitrogens with one attached hydrogen (secondary N) is 1. The maximum absolute atomic E-state index is 6.09. The highest BCUT2D eigenvalue weighted by Crippen LogP contribution is 2.25. The van der Waals surface area contributed by atoms with Crippen molar-refractivity contribution in [2.45, 2.75) is 19.9 Å². The molecule has 0 bridgehead atoms. The normalized spacial score (nSPS) is 12.5. The van der Waals surface area contributed by atoms with Crippen LogP contribution in [0.4, 0.5) is 0 Å². The van der Waals surface area contributed by atoms with Gasteiger partial charge in [0.15, 0.2) is 0 Å². The topological polar surface area (TPSA) is 12.0 Å². The second kappa shape index (κ2) is 5.55. The van der Waals surface area contributed by atoms with Gasteiger partial charge in [-0.25, -0.2) is 0 Å². The molecule has 1 atom stereocenters. The molecular formula is C12H15Cl2N. The van der Waals surface area contributed by atoms with Crippen LogP contribution in [0.2, 0.25) is 10.0 Å². The van der Waals surface area contributed by atoms with E-state index in [9.17, 15) is 0 Å². The van der Waals surface area contributed by atoms with Gasteiger partial charge in [0.25, 0.3) is 0 Å². The summed E-state index contributed by atoms with van der Waals surface area (Å²) < 4.78 is 0. The van der Waals surface area contributed by atoms with Crippen molar-refractivity contribution in [1.29, 1.82) is 0 Å². The van der Waals surface area contributed by atoms with Gasteiger partial charge in [-0.1, -0.05) is 41.4 Å². The maximum Gasteiger partial charge on any atom is 0.0468 e. The van der Waals surface area contributed by atoms with Crippen LogP contribution in [0.1, 0.15) is 25.5 Å². The fraction of sp³-hybridized carbons (Fsp3) is 0.333. The van der Waals surface area contributed by atoms with E-state index in [0.29, 0.717) is 10.0 Å². The lowest BCUT2D eigenvalue weighted by atomic mass is 10.1. The quantitative estimate of drug-likeness (QED) is 0.782. The molecule has 0 aliphatic carbocycles. The van der Waals surface area contributed by atoms with Crippen LogP contribution >= 0.6 is 23.2 Å². The summed E-state index contributed by atoms with van der Waals surface area (Å²) in [6.07, 6.45) is 0. The van der Waals surface area contributed by atoms with E-state index in [1.54, 1.807) is 6.07 Å². The fourth-order valence-electron chi connectivity index (χ4n) is 1.29. The predicted molar refractivity (Wildman–Crippen MR) is 67.7 cm³/mol. The Kier molecular flexibility index (Phi) is 4.65. The smallest absolute Gasteiger partial charge is 0.0468 e. The SMILES string of the molecule is C=C(C)CNC(C)c1ccc(Cl)cc1Cl. The number of benzene rings is 1. The van der Waals surface area contributed by atoms with E-state index >= 15 is 0 Å². The summed E-state index contributed by atoms with van der Waals surface area (Å²) in [5.41, 5.74) is 2.16. The lowest BCUT2D eigenvalue weighted by Gasteiger charge is -2.15. The Bertz CT molecular complexity index is 361. The van der Waals surface area contributed by atoms with Gasteiger partial charge in [0.05, 0.1) is 0 Å². The van der Waals surface area contributed by atoms with Crippen LogP contribution in [0, 0.1) is 0 Å². The zero-order valence-corrected chi connectivity index (χ0v) is 10.5. The monoisotopic (exact) mass is 243 g/mol. The lowest BCUT2D eigenvalue weighted by molar-refractivity contribution is 0.607. The van der Waals surface area contributed by atoms with Gasteiger partial charge in [0, 0.05) is 22.6 Å². The fourth-order valence-corrected chi connectivity index (χ4v) is 1.86. The largest absolute Gasteiger partial charge is 0.306 e. The van der Waals surface area contributed by atoms with Gasteiger partial charge < -0.3 is 5.32 Å². The van der Waals surface area contributed by atoms with E-state index in [-0.39, 0.29) is 6.04 Å². The molecule has 82 valence electrons.